The second-order valence-electron chi connectivity index (χ2n) is 6.53. The fourth-order valence-corrected chi connectivity index (χ4v) is 2.80. The van der Waals surface area contributed by atoms with Crippen LogP contribution >= 0.6 is 0 Å². The molecule has 1 aliphatic rings. The van der Waals surface area contributed by atoms with Crippen LogP contribution in [0.5, 0.6) is 0 Å². The Bertz CT molecular complexity index is 927. The molecule has 0 fully saturated rings. The minimum absolute atomic E-state index is 0.0220. The van der Waals surface area contributed by atoms with Crippen molar-refractivity contribution in [3.8, 4) is 0 Å². The van der Waals surface area contributed by atoms with E-state index in [1.165, 1.54) is 13.0 Å². The maximum atomic E-state index is 12.5. The molecule has 30 heavy (non-hydrogen) atoms. The van der Waals surface area contributed by atoms with Crippen molar-refractivity contribution >= 4 is 17.8 Å². The highest BCUT2D eigenvalue weighted by atomic mass is 16.6. The molecular weight excluding hydrogens is 390 g/mol. The molecule has 0 aliphatic carbocycles. The first-order valence-corrected chi connectivity index (χ1v) is 9.26. The number of benzene rings is 2. The molecule has 0 bridgehead atoms. The van der Waals surface area contributed by atoms with Crippen LogP contribution in [0.3, 0.4) is 0 Å². The van der Waals surface area contributed by atoms with E-state index >= 15 is 0 Å². The molecule has 2 N–H and O–H groups in total. The van der Waals surface area contributed by atoms with Gasteiger partial charge in [-0.1, -0.05) is 36.4 Å². The first kappa shape index (κ1) is 21.2. The molecule has 1 amide bonds. The number of hydrogen-bond acceptors (Lipinski definition) is 7. The Balaban J connectivity index is 1.76. The van der Waals surface area contributed by atoms with E-state index in [1.54, 1.807) is 60.7 Å². The number of aliphatic hydroxyl groups excluding tert-OH is 1. The summed E-state index contributed by atoms with van der Waals surface area (Å²) in [6.45, 7) is 0.982. The van der Waals surface area contributed by atoms with E-state index in [0.29, 0.717) is 11.1 Å². The molecule has 1 aliphatic heterocycles. The number of ether oxygens (including phenoxy) is 3. The molecule has 3 rings (SSSR count). The molecule has 0 spiro atoms. The summed E-state index contributed by atoms with van der Waals surface area (Å²) >= 11 is 0. The molecule has 8 heteroatoms. The Morgan fingerprint density at radius 2 is 1.53 bits per heavy atom. The van der Waals surface area contributed by atoms with Gasteiger partial charge in [-0.05, 0) is 30.3 Å². The van der Waals surface area contributed by atoms with Gasteiger partial charge in [-0.15, -0.1) is 0 Å². The average molecular weight is 411 g/mol. The SMILES string of the molecule is CC(=O)N[C@H]1C=C(OC(=O)c2ccccc2)C(COC(=O)c2ccccc2)OC1O. The number of hydrogen-bond donors (Lipinski definition) is 2. The second-order valence-corrected chi connectivity index (χ2v) is 6.53. The van der Waals surface area contributed by atoms with Crippen LogP contribution in [0.2, 0.25) is 0 Å². The molecule has 156 valence electrons. The summed E-state index contributed by atoms with van der Waals surface area (Å²) in [4.78, 5) is 36.0. The number of esters is 2. The fourth-order valence-electron chi connectivity index (χ4n) is 2.80. The van der Waals surface area contributed by atoms with Gasteiger partial charge >= 0.3 is 11.9 Å². The lowest BCUT2D eigenvalue weighted by atomic mass is 10.1. The van der Waals surface area contributed by atoms with Crippen molar-refractivity contribution in [2.45, 2.75) is 25.4 Å². The molecule has 0 saturated carbocycles. The normalized spacial score (nSPS) is 20.6. The van der Waals surface area contributed by atoms with Crippen molar-refractivity contribution in [1.82, 2.24) is 5.32 Å². The summed E-state index contributed by atoms with van der Waals surface area (Å²) in [5.41, 5.74) is 0.650. The Morgan fingerprint density at radius 1 is 0.967 bits per heavy atom. The molecular formula is C22H21NO7. The molecule has 3 atom stereocenters. The summed E-state index contributed by atoms with van der Waals surface area (Å²) in [6.07, 6.45) is -1.07. The Hall–Kier alpha value is -3.49. The summed E-state index contributed by atoms with van der Waals surface area (Å²) in [5, 5.41) is 12.7. The quantitative estimate of drug-likeness (QED) is 0.698. The zero-order valence-electron chi connectivity index (χ0n) is 16.2. The molecule has 0 saturated heterocycles. The van der Waals surface area contributed by atoms with E-state index in [-0.39, 0.29) is 12.4 Å². The largest absolute Gasteiger partial charge is 0.459 e. The molecule has 2 unspecified atom stereocenters. The lowest BCUT2D eigenvalue weighted by molar-refractivity contribution is -0.165. The zero-order chi connectivity index (χ0) is 21.5. The van der Waals surface area contributed by atoms with Crippen LogP contribution in [0.4, 0.5) is 0 Å². The minimum Gasteiger partial charge on any atom is -0.459 e. The maximum absolute atomic E-state index is 12.5. The Labute approximate surface area is 173 Å². The van der Waals surface area contributed by atoms with E-state index in [4.69, 9.17) is 14.2 Å². The highest BCUT2D eigenvalue weighted by Crippen LogP contribution is 2.22. The van der Waals surface area contributed by atoms with Crippen molar-refractivity contribution < 1.29 is 33.7 Å². The van der Waals surface area contributed by atoms with Crippen molar-refractivity contribution in [3.05, 3.63) is 83.6 Å². The van der Waals surface area contributed by atoms with Crippen molar-refractivity contribution in [1.29, 1.82) is 0 Å². The molecule has 2 aromatic carbocycles. The van der Waals surface area contributed by atoms with Crippen LogP contribution in [0.25, 0.3) is 0 Å². The van der Waals surface area contributed by atoms with Gasteiger partial charge in [0.05, 0.1) is 11.1 Å². The van der Waals surface area contributed by atoms with Gasteiger partial charge in [-0.3, -0.25) is 4.79 Å². The Kier molecular flexibility index (Phi) is 6.95. The summed E-state index contributed by atoms with van der Waals surface area (Å²) in [6, 6.07) is 15.7. The number of amides is 1. The summed E-state index contributed by atoms with van der Waals surface area (Å²) in [5.74, 6) is -1.62. The smallest absolute Gasteiger partial charge is 0.343 e. The number of carbonyl (C=O) groups excluding carboxylic acids is 3. The molecule has 0 aromatic heterocycles. The summed E-state index contributed by atoms with van der Waals surface area (Å²) < 4.78 is 16.1. The van der Waals surface area contributed by atoms with Crippen LogP contribution in [-0.4, -0.2) is 48.0 Å². The van der Waals surface area contributed by atoms with Gasteiger partial charge in [-0.25, -0.2) is 9.59 Å². The number of nitrogens with one attached hydrogen (secondary N) is 1. The van der Waals surface area contributed by atoms with E-state index < -0.39 is 36.3 Å². The van der Waals surface area contributed by atoms with E-state index in [0.717, 1.165) is 0 Å². The third kappa shape index (κ3) is 5.53. The third-order valence-corrected chi connectivity index (χ3v) is 4.24. The lowest BCUT2D eigenvalue weighted by Crippen LogP contribution is -2.49. The number of rotatable bonds is 6. The predicted octanol–water partition coefficient (Wildman–Crippen LogP) is 1.81. The van der Waals surface area contributed by atoms with Gasteiger partial charge in [-0.2, -0.15) is 0 Å². The van der Waals surface area contributed by atoms with Crippen LogP contribution in [0.15, 0.2) is 72.5 Å². The highest BCUT2D eigenvalue weighted by Gasteiger charge is 2.34. The zero-order valence-corrected chi connectivity index (χ0v) is 16.2. The van der Waals surface area contributed by atoms with E-state index in [9.17, 15) is 19.5 Å². The molecule has 2 aromatic rings. The third-order valence-electron chi connectivity index (χ3n) is 4.24. The van der Waals surface area contributed by atoms with Crippen LogP contribution in [-0.2, 0) is 19.0 Å². The topological polar surface area (TPSA) is 111 Å². The number of aliphatic hydroxyl groups is 1. The van der Waals surface area contributed by atoms with Crippen molar-refractivity contribution in [2.75, 3.05) is 6.61 Å². The molecule has 0 radical (unpaired) electrons. The minimum atomic E-state index is -1.41. The lowest BCUT2D eigenvalue weighted by Gasteiger charge is -2.32. The van der Waals surface area contributed by atoms with Gasteiger partial charge in [0.25, 0.3) is 0 Å². The van der Waals surface area contributed by atoms with E-state index in [2.05, 4.69) is 5.32 Å². The number of carbonyl (C=O) groups is 3. The maximum Gasteiger partial charge on any atom is 0.343 e. The fraction of sp³-hybridized carbons (Fsp3) is 0.227. The monoisotopic (exact) mass is 411 g/mol. The van der Waals surface area contributed by atoms with Gasteiger partial charge in [0.15, 0.2) is 12.4 Å². The first-order valence-electron chi connectivity index (χ1n) is 9.26. The predicted molar refractivity (Wildman–Crippen MR) is 105 cm³/mol. The molecule has 1 heterocycles. The average Bonchev–Trinajstić information content (AvgIpc) is 2.75. The Morgan fingerprint density at radius 3 is 2.10 bits per heavy atom. The highest BCUT2D eigenvalue weighted by molar-refractivity contribution is 5.90. The van der Waals surface area contributed by atoms with Gasteiger partial charge in [0, 0.05) is 6.92 Å². The van der Waals surface area contributed by atoms with Crippen molar-refractivity contribution in [2.24, 2.45) is 0 Å². The first-order chi connectivity index (χ1) is 14.4. The van der Waals surface area contributed by atoms with Gasteiger partial charge in [0.2, 0.25) is 5.91 Å². The van der Waals surface area contributed by atoms with Gasteiger partial charge < -0.3 is 24.6 Å². The second kappa shape index (κ2) is 9.82. The van der Waals surface area contributed by atoms with Gasteiger partial charge in [0.1, 0.15) is 18.4 Å². The van der Waals surface area contributed by atoms with Crippen molar-refractivity contribution in [3.63, 3.8) is 0 Å². The standard InChI is InChI=1S/C22H21NO7/c1-14(24)23-17-12-18(29-21(26)16-10-6-3-7-11-16)19(30-22(17)27)13-28-20(25)15-8-4-2-5-9-15/h2-12,17,19,22,27H,13H2,1H3,(H,23,24)/t17-,19?,22?/m0/s1. The van der Waals surface area contributed by atoms with Crippen LogP contribution in [0, 0.1) is 0 Å². The van der Waals surface area contributed by atoms with Crippen LogP contribution < -0.4 is 5.32 Å². The molecule has 8 nitrogen and oxygen atoms in total. The summed E-state index contributed by atoms with van der Waals surface area (Å²) in [7, 11) is 0. The van der Waals surface area contributed by atoms with E-state index in [1.807, 2.05) is 0 Å². The van der Waals surface area contributed by atoms with Crippen LogP contribution in [0.1, 0.15) is 27.6 Å².